The van der Waals surface area contributed by atoms with Crippen LogP contribution < -0.4 is 5.32 Å². The number of fused-ring (bicyclic) bond motifs is 1. The summed E-state index contributed by atoms with van der Waals surface area (Å²) in [5.74, 6) is 1.04. The maximum atomic E-state index is 12.5. The van der Waals surface area contributed by atoms with E-state index in [2.05, 4.69) is 21.5 Å². The Morgan fingerprint density at radius 2 is 2.03 bits per heavy atom. The molecule has 0 bridgehead atoms. The minimum Gasteiger partial charge on any atom is -0.331 e. The van der Waals surface area contributed by atoms with Crippen molar-refractivity contribution in [2.45, 2.75) is 37.6 Å². The Hall–Kier alpha value is -3.23. The van der Waals surface area contributed by atoms with Gasteiger partial charge in [-0.15, -0.1) is 0 Å². The summed E-state index contributed by atoms with van der Waals surface area (Å²) in [5.41, 5.74) is 2.11. The third-order valence-electron chi connectivity index (χ3n) is 4.90. The molecule has 0 unspecified atom stereocenters. The van der Waals surface area contributed by atoms with Crippen LogP contribution in [-0.4, -0.2) is 52.1 Å². The highest BCUT2D eigenvalue weighted by molar-refractivity contribution is 7.89. The van der Waals surface area contributed by atoms with E-state index < -0.39 is 10.0 Å². The number of hydrogen-bond acceptors (Lipinski definition) is 6. The van der Waals surface area contributed by atoms with E-state index in [1.165, 1.54) is 14.1 Å². The van der Waals surface area contributed by atoms with E-state index in [4.69, 9.17) is 5.26 Å². The van der Waals surface area contributed by atoms with Crippen LogP contribution in [0.5, 0.6) is 0 Å². The number of anilines is 1. The van der Waals surface area contributed by atoms with E-state index in [0.717, 1.165) is 15.5 Å². The van der Waals surface area contributed by atoms with Crippen molar-refractivity contribution in [3.63, 3.8) is 0 Å². The zero-order valence-corrected chi connectivity index (χ0v) is 18.8. The van der Waals surface area contributed by atoms with E-state index >= 15 is 0 Å². The van der Waals surface area contributed by atoms with E-state index in [9.17, 15) is 13.2 Å². The standard InChI is InChI=1S/C20H25N7O3S/c1-14-12-19(27(24-14)11-5-10-21)23-20(28)9-8-18-22-16-13-15(31(29,30)25(2)3)6-7-17(16)26(18)4/h6-7,12-13H,5,8-9,11H2,1-4H3,(H,23,28). The molecule has 2 heterocycles. The van der Waals surface area contributed by atoms with Gasteiger partial charge in [0.15, 0.2) is 0 Å². The summed E-state index contributed by atoms with van der Waals surface area (Å²) in [6.07, 6.45) is 0.885. The van der Waals surface area contributed by atoms with Gasteiger partial charge in [-0.25, -0.2) is 22.4 Å². The molecule has 2 aromatic heterocycles. The van der Waals surface area contributed by atoms with Crippen molar-refractivity contribution in [2.24, 2.45) is 7.05 Å². The topological polar surface area (TPSA) is 126 Å². The van der Waals surface area contributed by atoms with Gasteiger partial charge in [0.1, 0.15) is 11.6 Å². The highest BCUT2D eigenvalue weighted by atomic mass is 32.2. The van der Waals surface area contributed by atoms with E-state index in [-0.39, 0.29) is 17.2 Å². The molecule has 0 saturated heterocycles. The molecule has 31 heavy (non-hydrogen) atoms. The van der Waals surface area contributed by atoms with Crippen LogP contribution in [0.4, 0.5) is 5.82 Å². The lowest BCUT2D eigenvalue weighted by Crippen LogP contribution is -2.22. The second-order valence-electron chi connectivity index (χ2n) is 7.38. The van der Waals surface area contributed by atoms with Crippen LogP contribution in [0, 0.1) is 18.3 Å². The predicted octanol–water partition coefficient (Wildman–Crippen LogP) is 1.81. The molecule has 1 aromatic carbocycles. The van der Waals surface area contributed by atoms with E-state index in [0.29, 0.717) is 36.5 Å². The fourth-order valence-corrected chi connectivity index (χ4v) is 4.15. The van der Waals surface area contributed by atoms with Crippen molar-refractivity contribution in [3.05, 3.63) is 35.8 Å². The van der Waals surface area contributed by atoms with Gasteiger partial charge < -0.3 is 9.88 Å². The molecule has 1 amide bonds. The smallest absolute Gasteiger partial charge is 0.242 e. The van der Waals surface area contributed by atoms with Crippen LogP contribution >= 0.6 is 0 Å². The number of carbonyl (C=O) groups excluding carboxylic acids is 1. The molecule has 0 aliphatic heterocycles. The molecule has 1 N–H and O–H groups in total. The zero-order chi connectivity index (χ0) is 22.8. The predicted molar refractivity (Wildman–Crippen MR) is 116 cm³/mol. The van der Waals surface area contributed by atoms with Crippen molar-refractivity contribution in [3.8, 4) is 6.07 Å². The second kappa shape index (κ2) is 8.87. The molecular formula is C20H25N7O3S. The summed E-state index contributed by atoms with van der Waals surface area (Å²) >= 11 is 0. The van der Waals surface area contributed by atoms with Gasteiger partial charge in [-0.2, -0.15) is 10.4 Å². The molecule has 0 fully saturated rings. The molecule has 0 saturated carbocycles. The summed E-state index contributed by atoms with van der Waals surface area (Å²) in [6.45, 7) is 2.23. The number of imidazole rings is 1. The Labute approximate surface area is 181 Å². The third-order valence-corrected chi connectivity index (χ3v) is 6.72. The maximum Gasteiger partial charge on any atom is 0.242 e. The van der Waals surface area contributed by atoms with Crippen LogP contribution in [0.25, 0.3) is 11.0 Å². The Morgan fingerprint density at radius 1 is 1.29 bits per heavy atom. The van der Waals surface area contributed by atoms with Gasteiger partial charge in [-0.05, 0) is 25.1 Å². The normalized spacial score (nSPS) is 11.7. The summed E-state index contributed by atoms with van der Waals surface area (Å²) < 4.78 is 29.4. The molecule has 0 aliphatic carbocycles. The van der Waals surface area contributed by atoms with Gasteiger partial charge in [-0.3, -0.25) is 4.79 Å². The summed E-state index contributed by atoms with van der Waals surface area (Å²) in [6, 6.07) is 8.65. The van der Waals surface area contributed by atoms with Crippen molar-refractivity contribution in [2.75, 3.05) is 19.4 Å². The van der Waals surface area contributed by atoms with Gasteiger partial charge in [-0.1, -0.05) is 0 Å². The first kappa shape index (κ1) is 22.5. The number of rotatable bonds is 8. The number of amides is 1. The first-order valence-electron chi connectivity index (χ1n) is 9.72. The lowest BCUT2D eigenvalue weighted by Gasteiger charge is -2.10. The highest BCUT2D eigenvalue weighted by Crippen LogP contribution is 2.22. The average molecular weight is 444 g/mol. The Balaban J connectivity index is 1.73. The molecule has 0 spiro atoms. The first-order chi connectivity index (χ1) is 14.6. The monoisotopic (exact) mass is 443 g/mol. The van der Waals surface area contributed by atoms with Crippen LogP contribution in [-0.2, 0) is 34.8 Å². The van der Waals surface area contributed by atoms with Crippen molar-refractivity contribution in [1.82, 2.24) is 23.6 Å². The van der Waals surface area contributed by atoms with Crippen molar-refractivity contribution in [1.29, 1.82) is 5.26 Å². The van der Waals surface area contributed by atoms with Crippen LogP contribution in [0.3, 0.4) is 0 Å². The van der Waals surface area contributed by atoms with Gasteiger partial charge in [0, 0.05) is 40.1 Å². The summed E-state index contributed by atoms with van der Waals surface area (Å²) in [7, 11) is 1.25. The maximum absolute atomic E-state index is 12.5. The minimum absolute atomic E-state index is 0.174. The summed E-state index contributed by atoms with van der Waals surface area (Å²) in [4.78, 5) is 17.2. The molecule has 3 aromatic rings. The molecule has 10 nitrogen and oxygen atoms in total. The number of nitriles is 1. The van der Waals surface area contributed by atoms with Gasteiger partial charge in [0.25, 0.3) is 0 Å². The second-order valence-corrected chi connectivity index (χ2v) is 9.53. The lowest BCUT2D eigenvalue weighted by atomic mass is 10.3. The molecular weight excluding hydrogens is 418 g/mol. The number of aromatic nitrogens is 4. The molecule has 164 valence electrons. The van der Waals surface area contributed by atoms with Gasteiger partial charge >= 0.3 is 0 Å². The molecule has 3 rings (SSSR count). The quantitative estimate of drug-likeness (QED) is 0.566. The average Bonchev–Trinajstić information content (AvgIpc) is 3.23. The largest absolute Gasteiger partial charge is 0.331 e. The zero-order valence-electron chi connectivity index (χ0n) is 18.0. The lowest BCUT2D eigenvalue weighted by molar-refractivity contribution is -0.116. The Kier molecular flexibility index (Phi) is 6.42. The van der Waals surface area contributed by atoms with Crippen LogP contribution in [0.2, 0.25) is 0 Å². The van der Waals surface area contributed by atoms with Crippen molar-refractivity contribution >= 4 is 32.8 Å². The van der Waals surface area contributed by atoms with Crippen LogP contribution in [0.15, 0.2) is 29.2 Å². The van der Waals surface area contributed by atoms with Crippen LogP contribution in [0.1, 0.15) is 24.4 Å². The number of aryl methyl sites for hydroxylation is 4. The number of carbonyl (C=O) groups is 1. The molecule has 11 heteroatoms. The minimum atomic E-state index is -3.55. The third kappa shape index (κ3) is 4.76. The number of hydrogen-bond donors (Lipinski definition) is 1. The first-order valence-corrected chi connectivity index (χ1v) is 11.2. The fraction of sp³-hybridized carbons (Fsp3) is 0.400. The molecule has 0 aliphatic rings. The van der Waals surface area contributed by atoms with E-state index in [1.807, 2.05) is 18.5 Å². The number of sulfonamides is 1. The van der Waals surface area contributed by atoms with Gasteiger partial charge in [0.2, 0.25) is 15.9 Å². The Bertz CT molecular complexity index is 1270. The Morgan fingerprint density at radius 3 is 2.71 bits per heavy atom. The number of nitrogens with one attached hydrogen (secondary N) is 1. The van der Waals surface area contributed by atoms with Crippen molar-refractivity contribution < 1.29 is 13.2 Å². The molecule has 0 atom stereocenters. The van der Waals surface area contributed by atoms with Gasteiger partial charge in [0.05, 0.1) is 40.7 Å². The number of nitrogens with zero attached hydrogens (tertiary/aromatic N) is 6. The SMILES string of the molecule is Cc1cc(NC(=O)CCc2nc3cc(S(=O)(=O)N(C)C)ccc3n2C)n(CCC#N)n1. The molecule has 0 radical (unpaired) electrons. The van der Waals surface area contributed by atoms with E-state index in [1.54, 1.807) is 28.9 Å². The highest BCUT2D eigenvalue weighted by Gasteiger charge is 2.19. The number of benzene rings is 1. The fourth-order valence-electron chi connectivity index (χ4n) is 3.23. The summed E-state index contributed by atoms with van der Waals surface area (Å²) in [5, 5.41) is 15.9.